The van der Waals surface area contributed by atoms with Crippen LogP contribution in [0, 0.1) is 43.7 Å². The summed E-state index contributed by atoms with van der Waals surface area (Å²) in [5.74, 6) is -3.64. The highest BCUT2D eigenvalue weighted by Crippen LogP contribution is 2.48. The van der Waals surface area contributed by atoms with Gasteiger partial charge in [-0.2, -0.15) is 13.2 Å². The number of carbonyl (C=O) groups excluding carboxylic acids is 1. The van der Waals surface area contributed by atoms with Crippen LogP contribution in [0.4, 0.5) is 22.0 Å². The lowest BCUT2D eigenvalue weighted by Gasteiger charge is -2.56. The summed E-state index contributed by atoms with van der Waals surface area (Å²) in [6.07, 6.45) is -0.973. The molecular weight excluding hydrogens is 657 g/mol. The molecule has 2 atom stereocenters. The summed E-state index contributed by atoms with van der Waals surface area (Å²) in [4.78, 5) is 41.5. The van der Waals surface area contributed by atoms with Crippen LogP contribution in [0.25, 0.3) is 11.1 Å². The third-order valence-electron chi connectivity index (χ3n) is 10.3. The molecule has 2 aliphatic rings. The lowest BCUT2D eigenvalue weighted by atomic mass is 9.63. The number of pyridine rings is 1. The summed E-state index contributed by atoms with van der Waals surface area (Å²) in [6.45, 7) is 10.4. The highest BCUT2D eigenvalue weighted by molar-refractivity contribution is 5.82. The zero-order valence-electron chi connectivity index (χ0n) is 29.0. The van der Waals surface area contributed by atoms with Crippen molar-refractivity contribution < 1.29 is 36.6 Å². The largest absolute Gasteiger partial charge is 0.481 e. The van der Waals surface area contributed by atoms with E-state index in [9.17, 15) is 37.1 Å². The predicted molar refractivity (Wildman–Crippen MR) is 180 cm³/mol. The molecule has 2 heterocycles. The topological polar surface area (TPSA) is 91.6 Å². The van der Waals surface area contributed by atoms with Gasteiger partial charge in [-0.15, -0.1) is 0 Å². The molecule has 1 saturated carbocycles. The van der Waals surface area contributed by atoms with Gasteiger partial charge in [-0.25, -0.2) is 8.78 Å². The number of nitrogens with one attached hydrogen (secondary N) is 1. The molecule has 1 aliphatic heterocycles. The van der Waals surface area contributed by atoms with Crippen LogP contribution in [0.3, 0.4) is 0 Å². The van der Waals surface area contributed by atoms with E-state index >= 15 is 4.39 Å². The van der Waals surface area contributed by atoms with Crippen molar-refractivity contribution in [2.75, 3.05) is 19.6 Å². The fourth-order valence-corrected chi connectivity index (χ4v) is 7.57. The average Bonchev–Trinajstić information content (AvgIpc) is 2.97. The zero-order chi connectivity index (χ0) is 36.7. The molecule has 1 spiro atoms. The van der Waals surface area contributed by atoms with Gasteiger partial charge in [-0.3, -0.25) is 14.4 Å². The molecule has 2 N–H and O–H groups in total. The van der Waals surface area contributed by atoms with Crippen LogP contribution in [-0.4, -0.2) is 46.1 Å². The Bertz CT molecular complexity index is 1840. The van der Waals surface area contributed by atoms with Crippen LogP contribution in [-0.2, 0) is 22.2 Å². The molecule has 3 aromatic rings. The molecule has 50 heavy (non-hydrogen) atoms. The van der Waals surface area contributed by atoms with Gasteiger partial charge < -0.3 is 19.9 Å². The van der Waals surface area contributed by atoms with Crippen molar-refractivity contribution in [2.45, 2.75) is 91.4 Å². The number of halogens is 5. The van der Waals surface area contributed by atoms with Gasteiger partial charge in [0.25, 0.3) is 5.56 Å². The molecule has 2 fully saturated rings. The number of carbonyl (C=O) groups is 2. The van der Waals surface area contributed by atoms with Gasteiger partial charge in [0.15, 0.2) is 0 Å². The maximum atomic E-state index is 15.8. The Morgan fingerprint density at radius 2 is 1.70 bits per heavy atom. The van der Waals surface area contributed by atoms with Gasteiger partial charge in [-0.05, 0) is 109 Å². The number of benzene rings is 2. The Morgan fingerprint density at radius 3 is 2.28 bits per heavy atom. The van der Waals surface area contributed by atoms with Gasteiger partial charge in [0.2, 0.25) is 5.91 Å². The molecule has 7 nitrogen and oxygen atoms in total. The Morgan fingerprint density at radius 1 is 1.02 bits per heavy atom. The van der Waals surface area contributed by atoms with Crippen LogP contribution in [0.1, 0.15) is 91.4 Å². The van der Waals surface area contributed by atoms with E-state index < -0.39 is 59.3 Å². The first kappa shape index (κ1) is 37.2. The van der Waals surface area contributed by atoms with Gasteiger partial charge >= 0.3 is 12.1 Å². The number of aryl methyl sites for hydroxylation is 2. The van der Waals surface area contributed by atoms with Gasteiger partial charge in [0.1, 0.15) is 17.7 Å². The summed E-state index contributed by atoms with van der Waals surface area (Å²) in [5, 5.41) is 12.4. The lowest BCUT2D eigenvalue weighted by Crippen LogP contribution is -2.59. The summed E-state index contributed by atoms with van der Waals surface area (Å²) >= 11 is 0. The Hall–Kier alpha value is -4.06. The number of hydrogen-bond acceptors (Lipinski definition) is 4. The Labute approximate surface area is 288 Å². The first-order valence-electron chi connectivity index (χ1n) is 17.0. The first-order valence-corrected chi connectivity index (χ1v) is 17.0. The standard InChI is InChI=1S/C38H44F5N3O4/c1-21(2)13-31(46-18-25(28(16-32(46)47)38(41,42)43)9-12-45-19-37(20-45)10-6-11-37)36(50)44-30(17-33(48)49)27-15-26(14-23(4)35(27)40)34-22(3)7-8-29(39)24(34)5/h7-8,14-16,18,21,30-31H,6,9-13,17,19-20H2,1-5H3,(H,44,50)(H,48,49)/t30-,31+/m0/s1. The van der Waals surface area contributed by atoms with Gasteiger partial charge in [0, 0.05) is 37.5 Å². The number of amides is 1. The van der Waals surface area contributed by atoms with Crippen molar-refractivity contribution in [3.63, 3.8) is 0 Å². The number of nitrogens with zero attached hydrogens (tertiary/aromatic N) is 2. The van der Waals surface area contributed by atoms with Crippen molar-refractivity contribution >= 4 is 11.9 Å². The number of aromatic nitrogens is 1. The summed E-state index contributed by atoms with van der Waals surface area (Å²) in [7, 11) is 0. The fourth-order valence-electron chi connectivity index (χ4n) is 7.57. The van der Waals surface area contributed by atoms with Crippen molar-refractivity contribution in [2.24, 2.45) is 11.3 Å². The molecule has 1 saturated heterocycles. The second-order valence-corrected chi connectivity index (χ2v) is 14.6. The van der Waals surface area contributed by atoms with Gasteiger partial charge in [-0.1, -0.05) is 26.3 Å². The van der Waals surface area contributed by atoms with E-state index in [1.54, 1.807) is 33.8 Å². The maximum Gasteiger partial charge on any atom is 0.416 e. The normalized spacial score (nSPS) is 16.9. The average molecular weight is 702 g/mol. The minimum atomic E-state index is -4.79. The SMILES string of the molecule is Cc1cc(-c2c(C)ccc(F)c2C)cc([C@H](CC(=O)O)NC(=O)[C@@H](CC(C)C)n2cc(CCN3CC4(CCC4)C3)c(C(F)(F)F)cc2=O)c1F. The van der Waals surface area contributed by atoms with E-state index in [1.807, 2.05) is 0 Å². The number of likely N-dealkylation sites (tertiary alicyclic amines) is 1. The molecule has 1 aromatic heterocycles. The fraction of sp³-hybridized carbons (Fsp3) is 0.500. The third kappa shape index (κ3) is 7.80. The summed E-state index contributed by atoms with van der Waals surface area (Å²) in [5.41, 5.74) is -0.00592. The third-order valence-corrected chi connectivity index (χ3v) is 10.3. The number of rotatable bonds is 12. The van der Waals surface area contributed by atoms with E-state index in [-0.39, 0.29) is 40.9 Å². The summed E-state index contributed by atoms with van der Waals surface area (Å²) in [6, 6.07) is 3.58. The molecule has 1 aliphatic carbocycles. The predicted octanol–water partition coefficient (Wildman–Crippen LogP) is 7.69. The number of hydrogen-bond donors (Lipinski definition) is 2. The van der Waals surface area contributed by atoms with Crippen LogP contribution in [0.2, 0.25) is 0 Å². The second kappa shape index (κ2) is 14.3. The number of alkyl halides is 3. The minimum Gasteiger partial charge on any atom is -0.481 e. The second-order valence-electron chi connectivity index (χ2n) is 14.6. The van der Waals surface area contributed by atoms with E-state index in [0.29, 0.717) is 34.9 Å². The Kier molecular flexibility index (Phi) is 10.6. The van der Waals surface area contributed by atoms with Gasteiger partial charge in [0.05, 0.1) is 18.0 Å². The number of carboxylic acid groups (broad SMARTS) is 1. The van der Waals surface area contributed by atoms with Crippen molar-refractivity contribution in [3.05, 3.63) is 91.9 Å². The molecular formula is C38H44F5N3O4. The molecule has 5 rings (SSSR count). The van der Waals surface area contributed by atoms with Crippen molar-refractivity contribution in [1.29, 1.82) is 0 Å². The van der Waals surface area contributed by atoms with Crippen molar-refractivity contribution in [3.8, 4) is 11.1 Å². The van der Waals surface area contributed by atoms with Crippen LogP contribution >= 0.6 is 0 Å². The van der Waals surface area contributed by atoms with Crippen molar-refractivity contribution in [1.82, 2.24) is 14.8 Å². The van der Waals surface area contributed by atoms with E-state index in [1.165, 1.54) is 25.1 Å². The smallest absolute Gasteiger partial charge is 0.416 e. The molecule has 270 valence electrons. The van der Waals surface area contributed by atoms with Crippen LogP contribution in [0.5, 0.6) is 0 Å². The quantitative estimate of drug-likeness (QED) is 0.189. The van der Waals surface area contributed by atoms with Crippen LogP contribution < -0.4 is 10.9 Å². The molecule has 0 radical (unpaired) electrons. The Balaban J connectivity index is 1.51. The highest BCUT2D eigenvalue weighted by atomic mass is 19.4. The zero-order valence-corrected chi connectivity index (χ0v) is 29.0. The minimum absolute atomic E-state index is 0.0130. The monoisotopic (exact) mass is 701 g/mol. The highest BCUT2D eigenvalue weighted by Gasteiger charge is 2.47. The molecule has 1 amide bonds. The van der Waals surface area contributed by atoms with E-state index in [2.05, 4.69) is 10.2 Å². The molecule has 0 bridgehead atoms. The molecule has 2 aromatic carbocycles. The van der Waals surface area contributed by atoms with E-state index in [0.717, 1.165) is 43.1 Å². The molecule has 12 heteroatoms. The number of carboxylic acids is 1. The maximum absolute atomic E-state index is 15.8. The van der Waals surface area contributed by atoms with E-state index in [4.69, 9.17) is 0 Å². The lowest BCUT2D eigenvalue weighted by molar-refractivity contribution is -0.139. The number of aliphatic carboxylic acids is 1. The summed E-state index contributed by atoms with van der Waals surface area (Å²) < 4.78 is 73.9. The molecule has 0 unspecified atom stereocenters. The van der Waals surface area contributed by atoms with Crippen LogP contribution in [0.15, 0.2) is 41.3 Å². The first-order chi connectivity index (χ1) is 23.4.